The number of fused-ring (bicyclic) bond motifs is 3. The number of carboxylic acid groups (broad SMARTS) is 1. The summed E-state index contributed by atoms with van der Waals surface area (Å²) in [6.45, 7) is 9.68. The third-order valence-corrected chi connectivity index (χ3v) is 8.35. The minimum Gasteiger partial charge on any atom is -0.481 e. The maximum atomic E-state index is 12.7. The van der Waals surface area contributed by atoms with Crippen LogP contribution < -0.4 is 0 Å². The molecule has 0 aromatic heterocycles. The lowest BCUT2D eigenvalue weighted by Gasteiger charge is -2.65. The Morgan fingerprint density at radius 3 is 2.42 bits per heavy atom. The molecule has 5 atom stereocenters. The molecule has 3 heteroatoms. The average molecular weight is 335 g/mol. The first-order valence-electron chi connectivity index (χ1n) is 9.86. The summed E-state index contributed by atoms with van der Waals surface area (Å²) in [6, 6.07) is 0. The summed E-state index contributed by atoms with van der Waals surface area (Å²) in [6.07, 6.45) is 8.52. The topological polar surface area (TPSA) is 54.4 Å². The number of carbonyl (C=O) groups is 2. The molecule has 3 saturated carbocycles. The monoisotopic (exact) mass is 334 g/mol. The van der Waals surface area contributed by atoms with E-state index in [9.17, 15) is 9.59 Å². The predicted octanol–water partition coefficient (Wildman–Crippen LogP) is 5.08. The minimum atomic E-state index is -0.771. The normalized spacial score (nSPS) is 44.5. The highest BCUT2D eigenvalue weighted by Gasteiger charge is 2.61. The highest BCUT2D eigenvalue weighted by atomic mass is 16.4. The standard InChI is InChI=1S/C21H34O3/c1-19(2)11-5-12-21(4)16(19)10-13-20(3)14(6-9-18(23)24)15(22)7-8-17(20)21/h14,16-17H,5-13H2,1-4H3,(H,23,24)/t14-,16-,17-,20+,21-/m0/s1. The fraction of sp³-hybridized carbons (Fsp3) is 0.905. The van der Waals surface area contributed by atoms with E-state index in [4.69, 9.17) is 5.11 Å². The smallest absolute Gasteiger partial charge is 0.303 e. The second kappa shape index (κ2) is 5.85. The van der Waals surface area contributed by atoms with Crippen LogP contribution in [0.25, 0.3) is 0 Å². The van der Waals surface area contributed by atoms with Crippen LogP contribution in [-0.2, 0) is 9.59 Å². The van der Waals surface area contributed by atoms with Crippen molar-refractivity contribution in [3.05, 3.63) is 0 Å². The van der Waals surface area contributed by atoms with Crippen LogP contribution in [0, 0.1) is 34.0 Å². The molecule has 0 saturated heterocycles. The van der Waals surface area contributed by atoms with Gasteiger partial charge in [0.25, 0.3) is 0 Å². The first-order chi connectivity index (χ1) is 11.1. The zero-order chi connectivity index (χ0) is 17.8. The molecule has 3 fully saturated rings. The van der Waals surface area contributed by atoms with Gasteiger partial charge in [0.15, 0.2) is 0 Å². The number of Topliss-reactive ketones (excluding diaryl/α,β-unsaturated/α-hetero) is 1. The van der Waals surface area contributed by atoms with Gasteiger partial charge in [-0.2, -0.15) is 0 Å². The number of rotatable bonds is 3. The van der Waals surface area contributed by atoms with Crippen LogP contribution >= 0.6 is 0 Å². The van der Waals surface area contributed by atoms with Crippen LogP contribution in [0.4, 0.5) is 0 Å². The number of carboxylic acids is 1. The zero-order valence-electron chi connectivity index (χ0n) is 15.9. The molecule has 0 unspecified atom stereocenters. The Bertz CT molecular complexity index is 537. The van der Waals surface area contributed by atoms with Gasteiger partial charge in [-0.05, 0) is 66.6 Å². The number of aliphatic carboxylic acids is 1. The van der Waals surface area contributed by atoms with Crippen LogP contribution in [0.2, 0.25) is 0 Å². The fourth-order valence-corrected chi connectivity index (χ4v) is 7.35. The Kier molecular flexibility index (Phi) is 4.37. The van der Waals surface area contributed by atoms with E-state index in [0.717, 1.165) is 18.8 Å². The van der Waals surface area contributed by atoms with Crippen LogP contribution in [0.5, 0.6) is 0 Å². The molecular formula is C21H34O3. The van der Waals surface area contributed by atoms with E-state index in [1.54, 1.807) is 0 Å². The van der Waals surface area contributed by atoms with Gasteiger partial charge in [-0.3, -0.25) is 9.59 Å². The van der Waals surface area contributed by atoms with Crippen LogP contribution in [0.3, 0.4) is 0 Å². The Balaban J connectivity index is 1.93. The highest BCUT2D eigenvalue weighted by Crippen LogP contribution is 2.68. The second-order valence-electron chi connectivity index (χ2n) is 9.99. The third kappa shape index (κ3) is 2.63. The molecular weight excluding hydrogens is 300 g/mol. The summed E-state index contributed by atoms with van der Waals surface area (Å²) >= 11 is 0. The van der Waals surface area contributed by atoms with Gasteiger partial charge in [0.1, 0.15) is 5.78 Å². The molecule has 3 rings (SSSR count). The van der Waals surface area contributed by atoms with Gasteiger partial charge < -0.3 is 5.11 Å². The molecule has 24 heavy (non-hydrogen) atoms. The zero-order valence-corrected chi connectivity index (χ0v) is 15.9. The summed E-state index contributed by atoms with van der Waals surface area (Å²) in [7, 11) is 0. The van der Waals surface area contributed by atoms with Gasteiger partial charge >= 0.3 is 5.97 Å². The summed E-state index contributed by atoms with van der Waals surface area (Å²) in [5, 5.41) is 9.11. The molecule has 0 aromatic rings. The molecule has 136 valence electrons. The Labute approximate surface area is 146 Å². The summed E-state index contributed by atoms with van der Waals surface area (Å²) in [5.74, 6) is 0.819. The van der Waals surface area contributed by atoms with Crippen LogP contribution in [-0.4, -0.2) is 16.9 Å². The van der Waals surface area contributed by atoms with Crippen molar-refractivity contribution in [2.24, 2.45) is 34.0 Å². The molecule has 1 N–H and O–H groups in total. The summed E-state index contributed by atoms with van der Waals surface area (Å²) in [5.41, 5.74) is 0.715. The summed E-state index contributed by atoms with van der Waals surface area (Å²) < 4.78 is 0. The lowest BCUT2D eigenvalue weighted by molar-refractivity contribution is -0.172. The van der Waals surface area contributed by atoms with Crippen LogP contribution in [0.1, 0.15) is 85.5 Å². The Morgan fingerprint density at radius 1 is 1.04 bits per heavy atom. The van der Waals surface area contributed by atoms with Crippen molar-refractivity contribution in [1.82, 2.24) is 0 Å². The van der Waals surface area contributed by atoms with E-state index in [1.165, 1.54) is 25.7 Å². The van der Waals surface area contributed by atoms with Gasteiger partial charge in [0.2, 0.25) is 0 Å². The average Bonchev–Trinajstić information content (AvgIpc) is 2.44. The number of carbonyl (C=O) groups excluding carboxylic acids is 1. The van der Waals surface area contributed by atoms with Gasteiger partial charge in [-0.1, -0.05) is 34.1 Å². The highest BCUT2D eigenvalue weighted by molar-refractivity contribution is 5.83. The van der Waals surface area contributed by atoms with Gasteiger partial charge in [0.05, 0.1) is 0 Å². The Hall–Kier alpha value is -0.860. The van der Waals surface area contributed by atoms with E-state index in [-0.39, 0.29) is 17.8 Å². The lowest BCUT2D eigenvalue weighted by Crippen LogP contribution is -2.59. The molecule has 3 aliphatic rings. The quantitative estimate of drug-likeness (QED) is 0.783. The van der Waals surface area contributed by atoms with Crippen molar-refractivity contribution >= 4 is 11.8 Å². The van der Waals surface area contributed by atoms with E-state index in [0.29, 0.717) is 35.4 Å². The first kappa shape index (κ1) is 17.9. The third-order valence-electron chi connectivity index (χ3n) is 8.35. The van der Waals surface area contributed by atoms with E-state index < -0.39 is 5.97 Å². The number of hydrogen-bond acceptors (Lipinski definition) is 2. The molecule has 0 radical (unpaired) electrons. The van der Waals surface area contributed by atoms with E-state index in [2.05, 4.69) is 27.7 Å². The molecule has 0 spiro atoms. The van der Waals surface area contributed by atoms with Crippen molar-refractivity contribution in [3.63, 3.8) is 0 Å². The molecule has 0 amide bonds. The fourth-order valence-electron chi connectivity index (χ4n) is 7.35. The molecule has 0 bridgehead atoms. The molecule has 0 aromatic carbocycles. The second-order valence-corrected chi connectivity index (χ2v) is 9.99. The van der Waals surface area contributed by atoms with Crippen molar-refractivity contribution in [2.45, 2.75) is 85.5 Å². The maximum absolute atomic E-state index is 12.7. The largest absolute Gasteiger partial charge is 0.481 e. The Morgan fingerprint density at radius 2 is 1.75 bits per heavy atom. The minimum absolute atomic E-state index is 0.00343. The van der Waals surface area contributed by atoms with Crippen molar-refractivity contribution in [1.29, 1.82) is 0 Å². The molecule has 3 aliphatic carbocycles. The molecule has 0 aliphatic heterocycles. The van der Waals surface area contributed by atoms with Gasteiger partial charge in [-0.15, -0.1) is 0 Å². The maximum Gasteiger partial charge on any atom is 0.303 e. The summed E-state index contributed by atoms with van der Waals surface area (Å²) in [4.78, 5) is 23.7. The van der Waals surface area contributed by atoms with Gasteiger partial charge in [-0.25, -0.2) is 0 Å². The van der Waals surface area contributed by atoms with E-state index in [1.807, 2.05) is 0 Å². The van der Waals surface area contributed by atoms with Crippen molar-refractivity contribution < 1.29 is 14.7 Å². The lowest BCUT2D eigenvalue weighted by atomic mass is 9.39. The number of ketones is 1. The molecule has 3 nitrogen and oxygen atoms in total. The first-order valence-corrected chi connectivity index (χ1v) is 9.86. The number of hydrogen-bond donors (Lipinski definition) is 1. The molecule has 0 heterocycles. The van der Waals surface area contributed by atoms with Gasteiger partial charge in [0, 0.05) is 18.8 Å². The van der Waals surface area contributed by atoms with Crippen LogP contribution in [0.15, 0.2) is 0 Å². The predicted molar refractivity (Wildman–Crippen MR) is 94.7 cm³/mol. The van der Waals surface area contributed by atoms with Crippen molar-refractivity contribution in [3.8, 4) is 0 Å². The SMILES string of the molecule is CC1(C)CCC[C@]2(C)[C@H]3CCC(=O)[C@H](CCC(=O)O)[C@@]3(C)CC[C@@H]12. The van der Waals surface area contributed by atoms with E-state index >= 15 is 0 Å². The van der Waals surface area contributed by atoms with Crippen molar-refractivity contribution in [2.75, 3.05) is 0 Å².